The number of hydrogen-bond donors (Lipinski definition) is 3. The molecule has 0 saturated heterocycles. The average molecular weight is 180 g/mol. The molecule has 0 bridgehead atoms. The zero-order chi connectivity index (χ0) is 9.84. The van der Waals surface area contributed by atoms with E-state index in [2.05, 4.69) is 5.32 Å². The molecule has 4 N–H and O–H groups in total. The van der Waals surface area contributed by atoms with Gasteiger partial charge in [-0.1, -0.05) is 12.1 Å². The van der Waals surface area contributed by atoms with Gasteiger partial charge in [0.25, 0.3) is 0 Å². The first-order valence-electron chi connectivity index (χ1n) is 3.94. The van der Waals surface area contributed by atoms with Crippen LogP contribution in [0.3, 0.4) is 0 Å². The molecular weight excluding hydrogens is 168 g/mol. The van der Waals surface area contributed by atoms with Crippen molar-refractivity contribution in [3.8, 4) is 0 Å². The van der Waals surface area contributed by atoms with E-state index in [-0.39, 0.29) is 6.04 Å². The summed E-state index contributed by atoms with van der Waals surface area (Å²) in [6, 6.07) is 6.90. The van der Waals surface area contributed by atoms with E-state index in [9.17, 15) is 4.79 Å². The van der Waals surface area contributed by atoms with E-state index in [0.29, 0.717) is 5.69 Å². The number of carboxylic acid groups (broad SMARTS) is 1. The highest BCUT2D eigenvalue weighted by atomic mass is 16.4. The first-order valence-corrected chi connectivity index (χ1v) is 3.94. The Labute approximate surface area is 76.4 Å². The number of amides is 1. The minimum absolute atomic E-state index is 0.235. The lowest BCUT2D eigenvalue weighted by Gasteiger charge is -2.11. The van der Waals surface area contributed by atoms with Gasteiger partial charge in [0.2, 0.25) is 0 Å². The van der Waals surface area contributed by atoms with E-state index in [4.69, 9.17) is 10.8 Å². The van der Waals surface area contributed by atoms with Crippen LogP contribution in [0.1, 0.15) is 18.5 Å². The SMILES string of the molecule is CC(NC(=O)O)c1cccc(N)c1. The molecule has 0 aliphatic carbocycles. The zero-order valence-corrected chi connectivity index (χ0v) is 7.32. The fourth-order valence-electron chi connectivity index (χ4n) is 1.10. The second-order valence-corrected chi connectivity index (χ2v) is 2.84. The molecule has 4 heteroatoms. The van der Waals surface area contributed by atoms with Crippen molar-refractivity contribution in [1.29, 1.82) is 0 Å². The van der Waals surface area contributed by atoms with Crippen LogP contribution in [0.25, 0.3) is 0 Å². The molecule has 1 amide bonds. The average Bonchev–Trinajstić information content (AvgIpc) is 2.03. The number of carbonyl (C=O) groups is 1. The van der Waals surface area contributed by atoms with Gasteiger partial charge in [0.15, 0.2) is 0 Å². The minimum Gasteiger partial charge on any atom is -0.465 e. The number of nitrogen functional groups attached to an aromatic ring is 1. The molecule has 1 atom stereocenters. The van der Waals surface area contributed by atoms with Gasteiger partial charge in [0, 0.05) is 5.69 Å². The highest BCUT2D eigenvalue weighted by Crippen LogP contribution is 2.14. The molecule has 0 aliphatic heterocycles. The van der Waals surface area contributed by atoms with Gasteiger partial charge >= 0.3 is 6.09 Å². The molecular formula is C9H12N2O2. The molecule has 1 rings (SSSR count). The predicted molar refractivity (Wildman–Crippen MR) is 50.4 cm³/mol. The van der Waals surface area contributed by atoms with Crippen LogP contribution in [0, 0.1) is 0 Å². The fraction of sp³-hybridized carbons (Fsp3) is 0.222. The molecule has 4 nitrogen and oxygen atoms in total. The van der Waals surface area contributed by atoms with Crippen LogP contribution < -0.4 is 11.1 Å². The number of anilines is 1. The minimum atomic E-state index is -1.03. The summed E-state index contributed by atoms with van der Waals surface area (Å²) in [6.07, 6.45) is -1.03. The Kier molecular flexibility index (Phi) is 2.74. The van der Waals surface area contributed by atoms with Gasteiger partial charge in [-0.05, 0) is 24.6 Å². The van der Waals surface area contributed by atoms with Crippen molar-refractivity contribution in [2.24, 2.45) is 0 Å². The van der Waals surface area contributed by atoms with Gasteiger partial charge in [-0.15, -0.1) is 0 Å². The topological polar surface area (TPSA) is 75.3 Å². The molecule has 13 heavy (non-hydrogen) atoms. The number of nitrogens with one attached hydrogen (secondary N) is 1. The number of hydrogen-bond acceptors (Lipinski definition) is 2. The third-order valence-corrected chi connectivity index (χ3v) is 1.75. The van der Waals surface area contributed by atoms with E-state index < -0.39 is 6.09 Å². The highest BCUT2D eigenvalue weighted by molar-refractivity contribution is 5.65. The zero-order valence-electron chi connectivity index (χ0n) is 7.32. The molecule has 0 saturated carbocycles. The number of rotatable bonds is 2. The predicted octanol–water partition coefficient (Wildman–Crippen LogP) is 1.60. The molecule has 0 spiro atoms. The standard InChI is InChI=1S/C9H12N2O2/c1-6(11-9(12)13)7-3-2-4-8(10)5-7/h2-6,11H,10H2,1H3,(H,12,13). The van der Waals surface area contributed by atoms with Crippen molar-refractivity contribution in [1.82, 2.24) is 5.32 Å². The Hall–Kier alpha value is -1.71. The van der Waals surface area contributed by atoms with Crippen LogP contribution in [-0.4, -0.2) is 11.2 Å². The molecule has 0 aromatic heterocycles. The van der Waals surface area contributed by atoms with Crippen molar-refractivity contribution in [2.45, 2.75) is 13.0 Å². The smallest absolute Gasteiger partial charge is 0.405 e. The lowest BCUT2D eigenvalue weighted by Crippen LogP contribution is -2.24. The van der Waals surface area contributed by atoms with Crippen LogP contribution in [-0.2, 0) is 0 Å². The van der Waals surface area contributed by atoms with Crippen LogP contribution >= 0.6 is 0 Å². The van der Waals surface area contributed by atoms with E-state index in [1.165, 1.54) is 0 Å². The van der Waals surface area contributed by atoms with Crippen molar-refractivity contribution >= 4 is 11.8 Å². The van der Waals surface area contributed by atoms with Gasteiger partial charge in [-0.25, -0.2) is 4.79 Å². The quantitative estimate of drug-likeness (QED) is 0.605. The van der Waals surface area contributed by atoms with Crippen LogP contribution in [0.5, 0.6) is 0 Å². The van der Waals surface area contributed by atoms with Crippen LogP contribution in [0.2, 0.25) is 0 Å². The summed E-state index contributed by atoms with van der Waals surface area (Å²) in [5, 5.41) is 10.8. The van der Waals surface area contributed by atoms with Gasteiger partial charge in [0.05, 0.1) is 6.04 Å². The Morgan fingerprint density at radius 1 is 1.62 bits per heavy atom. The largest absolute Gasteiger partial charge is 0.465 e. The maximum Gasteiger partial charge on any atom is 0.405 e. The van der Waals surface area contributed by atoms with Crippen molar-refractivity contribution < 1.29 is 9.90 Å². The summed E-state index contributed by atoms with van der Waals surface area (Å²) in [7, 11) is 0. The molecule has 1 aromatic carbocycles. The summed E-state index contributed by atoms with van der Waals surface area (Å²) in [6.45, 7) is 1.77. The summed E-state index contributed by atoms with van der Waals surface area (Å²) in [5.41, 5.74) is 7.05. The number of benzene rings is 1. The summed E-state index contributed by atoms with van der Waals surface area (Å²) in [4.78, 5) is 10.3. The normalized spacial score (nSPS) is 12.1. The molecule has 0 aliphatic rings. The van der Waals surface area contributed by atoms with Crippen molar-refractivity contribution in [3.05, 3.63) is 29.8 Å². The third kappa shape index (κ3) is 2.66. The van der Waals surface area contributed by atoms with Crippen molar-refractivity contribution in [2.75, 3.05) is 5.73 Å². The summed E-state index contributed by atoms with van der Waals surface area (Å²) in [5.74, 6) is 0. The molecule has 0 radical (unpaired) electrons. The summed E-state index contributed by atoms with van der Waals surface area (Å²) >= 11 is 0. The maximum atomic E-state index is 10.3. The van der Waals surface area contributed by atoms with Crippen molar-refractivity contribution in [3.63, 3.8) is 0 Å². The van der Waals surface area contributed by atoms with Gasteiger partial charge in [0.1, 0.15) is 0 Å². The lowest BCUT2D eigenvalue weighted by atomic mass is 10.1. The van der Waals surface area contributed by atoms with E-state index >= 15 is 0 Å². The Bertz CT molecular complexity index is 312. The second-order valence-electron chi connectivity index (χ2n) is 2.84. The Morgan fingerprint density at radius 2 is 2.31 bits per heavy atom. The molecule has 1 unspecified atom stereocenters. The lowest BCUT2D eigenvalue weighted by molar-refractivity contribution is 0.191. The first kappa shape index (κ1) is 9.38. The highest BCUT2D eigenvalue weighted by Gasteiger charge is 2.07. The second kappa shape index (κ2) is 3.80. The van der Waals surface area contributed by atoms with Gasteiger partial charge in [-0.3, -0.25) is 0 Å². The Balaban J connectivity index is 2.76. The third-order valence-electron chi connectivity index (χ3n) is 1.75. The fourth-order valence-corrected chi connectivity index (χ4v) is 1.10. The van der Waals surface area contributed by atoms with E-state index in [1.54, 1.807) is 25.1 Å². The summed E-state index contributed by atoms with van der Waals surface area (Å²) < 4.78 is 0. The van der Waals surface area contributed by atoms with E-state index in [0.717, 1.165) is 5.56 Å². The van der Waals surface area contributed by atoms with Gasteiger partial charge < -0.3 is 16.2 Å². The molecule has 0 heterocycles. The first-order chi connectivity index (χ1) is 6.09. The maximum absolute atomic E-state index is 10.3. The number of nitrogens with two attached hydrogens (primary N) is 1. The molecule has 1 aromatic rings. The molecule has 70 valence electrons. The van der Waals surface area contributed by atoms with Crippen LogP contribution in [0.4, 0.5) is 10.5 Å². The monoisotopic (exact) mass is 180 g/mol. The molecule has 0 fully saturated rings. The van der Waals surface area contributed by atoms with Crippen LogP contribution in [0.15, 0.2) is 24.3 Å². The van der Waals surface area contributed by atoms with Gasteiger partial charge in [-0.2, -0.15) is 0 Å². The Morgan fingerprint density at radius 3 is 2.85 bits per heavy atom. The van der Waals surface area contributed by atoms with E-state index in [1.807, 2.05) is 6.07 Å².